The van der Waals surface area contributed by atoms with Crippen molar-refractivity contribution in [3.8, 4) is 0 Å². The number of ether oxygens (including phenoxy) is 3. The highest BCUT2D eigenvalue weighted by Gasteiger charge is 2.38. The molecule has 150 valence electrons. The molecular formula is C25H27NO3. The molecule has 29 heavy (non-hydrogen) atoms. The summed E-state index contributed by atoms with van der Waals surface area (Å²) in [7, 11) is 0. The average Bonchev–Trinajstić information content (AvgIpc) is 3.18. The van der Waals surface area contributed by atoms with Crippen LogP contribution in [0.4, 0.5) is 0 Å². The number of nitrogens with one attached hydrogen (secondary N) is 1. The summed E-state index contributed by atoms with van der Waals surface area (Å²) in [6.45, 7) is 2.32. The van der Waals surface area contributed by atoms with Crippen LogP contribution in [0.15, 0.2) is 91.0 Å². The minimum Gasteiger partial charge on any atom is -0.368 e. The van der Waals surface area contributed by atoms with Gasteiger partial charge in [-0.25, -0.2) is 0 Å². The Morgan fingerprint density at radius 1 is 0.690 bits per heavy atom. The van der Waals surface area contributed by atoms with E-state index in [4.69, 9.17) is 14.2 Å². The van der Waals surface area contributed by atoms with Crippen molar-refractivity contribution in [3.63, 3.8) is 0 Å². The SMILES string of the molecule is c1ccc(CNC2OC[C@@H](OCc3ccccc3)[C@H]2OCc2ccccc2)cc1. The molecule has 3 aromatic rings. The first-order valence-corrected chi connectivity index (χ1v) is 10.1. The molecule has 0 spiro atoms. The lowest BCUT2D eigenvalue weighted by Gasteiger charge is -2.24. The molecule has 0 aliphatic carbocycles. The fourth-order valence-corrected chi connectivity index (χ4v) is 3.45. The maximum atomic E-state index is 6.28. The van der Waals surface area contributed by atoms with E-state index in [-0.39, 0.29) is 18.4 Å². The summed E-state index contributed by atoms with van der Waals surface area (Å²) in [6, 6.07) is 30.7. The van der Waals surface area contributed by atoms with Gasteiger partial charge in [0.15, 0.2) is 0 Å². The van der Waals surface area contributed by atoms with Gasteiger partial charge in [-0.2, -0.15) is 0 Å². The van der Waals surface area contributed by atoms with E-state index in [0.29, 0.717) is 19.8 Å². The molecule has 1 saturated heterocycles. The Bertz CT molecular complexity index is 790. The van der Waals surface area contributed by atoms with Gasteiger partial charge in [0, 0.05) is 6.54 Å². The van der Waals surface area contributed by atoms with Crippen LogP contribution in [0.3, 0.4) is 0 Å². The molecule has 1 aliphatic heterocycles. The van der Waals surface area contributed by atoms with E-state index in [9.17, 15) is 0 Å². The summed E-state index contributed by atoms with van der Waals surface area (Å²) in [5.41, 5.74) is 3.50. The Hall–Kier alpha value is -2.50. The van der Waals surface area contributed by atoms with E-state index >= 15 is 0 Å². The van der Waals surface area contributed by atoms with Crippen molar-refractivity contribution in [1.29, 1.82) is 0 Å². The Morgan fingerprint density at radius 3 is 1.79 bits per heavy atom. The van der Waals surface area contributed by atoms with E-state index in [1.54, 1.807) is 0 Å². The summed E-state index contributed by atoms with van der Waals surface area (Å²) in [5.74, 6) is 0. The number of rotatable bonds is 9. The summed E-state index contributed by atoms with van der Waals surface area (Å²) in [6.07, 6.45) is -0.505. The molecule has 0 amide bonds. The zero-order valence-electron chi connectivity index (χ0n) is 16.4. The highest BCUT2D eigenvalue weighted by atomic mass is 16.6. The molecule has 1 fully saturated rings. The Morgan fingerprint density at radius 2 is 1.21 bits per heavy atom. The maximum Gasteiger partial charge on any atom is 0.137 e. The van der Waals surface area contributed by atoms with Crippen molar-refractivity contribution >= 4 is 0 Å². The van der Waals surface area contributed by atoms with Crippen molar-refractivity contribution in [2.75, 3.05) is 6.61 Å². The van der Waals surface area contributed by atoms with Crippen molar-refractivity contribution in [1.82, 2.24) is 5.32 Å². The standard InChI is InChI=1S/C25H27NO3/c1-4-10-20(11-5-1)16-26-25-24(28-18-22-14-8-3-9-15-22)23(19-29-25)27-17-21-12-6-2-7-13-21/h1-15,23-26H,16-19H2/t23-,24-,25?/m1/s1. The molecular weight excluding hydrogens is 362 g/mol. The molecule has 0 aromatic heterocycles. The topological polar surface area (TPSA) is 39.7 Å². The highest BCUT2D eigenvalue weighted by Crippen LogP contribution is 2.22. The fourth-order valence-electron chi connectivity index (χ4n) is 3.45. The van der Waals surface area contributed by atoms with Crippen LogP contribution in [0.25, 0.3) is 0 Å². The van der Waals surface area contributed by atoms with Gasteiger partial charge in [0.25, 0.3) is 0 Å². The molecule has 4 heteroatoms. The van der Waals surface area contributed by atoms with Crippen LogP contribution in [0.1, 0.15) is 16.7 Å². The lowest BCUT2D eigenvalue weighted by Crippen LogP contribution is -2.43. The van der Waals surface area contributed by atoms with Crippen LogP contribution in [0.5, 0.6) is 0 Å². The monoisotopic (exact) mass is 389 g/mol. The van der Waals surface area contributed by atoms with Crippen molar-refractivity contribution in [2.24, 2.45) is 0 Å². The van der Waals surface area contributed by atoms with Crippen molar-refractivity contribution in [3.05, 3.63) is 108 Å². The molecule has 1 aliphatic rings. The summed E-state index contributed by atoms with van der Waals surface area (Å²) < 4.78 is 18.5. The third-order valence-electron chi connectivity index (χ3n) is 5.05. The van der Waals surface area contributed by atoms with Crippen molar-refractivity contribution in [2.45, 2.75) is 38.2 Å². The van der Waals surface area contributed by atoms with Crippen LogP contribution < -0.4 is 5.32 Å². The second kappa shape index (κ2) is 10.3. The lowest BCUT2D eigenvalue weighted by atomic mass is 10.2. The van der Waals surface area contributed by atoms with Gasteiger partial charge in [-0.05, 0) is 16.7 Å². The smallest absolute Gasteiger partial charge is 0.137 e. The van der Waals surface area contributed by atoms with Gasteiger partial charge in [-0.1, -0.05) is 91.0 Å². The van der Waals surface area contributed by atoms with E-state index in [1.807, 2.05) is 54.6 Å². The molecule has 0 bridgehead atoms. The Balaban J connectivity index is 1.39. The molecule has 0 saturated carbocycles. The first-order chi connectivity index (χ1) is 14.4. The quantitative estimate of drug-likeness (QED) is 0.592. The first-order valence-electron chi connectivity index (χ1n) is 10.1. The Labute approximate surface area is 172 Å². The van der Waals surface area contributed by atoms with Crippen LogP contribution in [-0.4, -0.2) is 25.0 Å². The minimum atomic E-state index is -0.209. The lowest BCUT2D eigenvalue weighted by molar-refractivity contribution is -0.0795. The number of benzene rings is 3. The summed E-state index contributed by atoms with van der Waals surface area (Å²) >= 11 is 0. The first kappa shape index (κ1) is 19.8. The van der Waals surface area contributed by atoms with Crippen LogP contribution in [0.2, 0.25) is 0 Å². The number of hydrogen-bond donors (Lipinski definition) is 1. The molecule has 1 heterocycles. The van der Waals surface area contributed by atoms with Crippen molar-refractivity contribution < 1.29 is 14.2 Å². The van der Waals surface area contributed by atoms with Crippen LogP contribution in [0, 0.1) is 0 Å². The van der Waals surface area contributed by atoms with E-state index in [2.05, 4.69) is 41.7 Å². The molecule has 3 atom stereocenters. The van der Waals surface area contributed by atoms with Gasteiger partial charge in [0.1, 0.15) is 18.4 Å². The molecule has 4 nitrogen and oxygen atoms in total. The minimum absolute atomic E-state index is 0.118. The predicted octanol–water partition coefficient (Wildman–Crippen LogP) is 4.30. The van der Waals surface area contributed by atoms with Gasteiger partial charge in [-0.15, -0.1) is 0 Å². The third kappa shape index (κ3) is 5.75. The maximum absolute atomic E-state index is 6.28. The molecule has 1 N–H and O–H groups in total. The molecule has 1 unspecified atom stereocenters. The van der Waals surface area contributed by atoms with Gasteiger partial charge < -0.3 is 14.2 Å². The van der Waals surface area contributed by atoms with Crippen LogP contribution >= 0.6 is 0 Å². The van der Waals surface area contributed by atoms with Gasteiger partial charge in [0.05, 0.1) is 19.8 Å². The largest absolute Gasteiger partial charge is 0.368 e. The van der Waals surface area contributed by atoms with Gasteiger partial charge in [-0.3, -0.25) is 5.32 Å². The average molecular weight is 389 g/mol. The summed E-state index contributed by atoms with van der Waals surface area (Å²) in [5, 5.41) is 3.49. The highest BCUT2D eigenvalue weighted by molar-refractivity contribution is 5.16. The number of hydrogen-bond acceptors (Lipinski definition) is 4. The Kier molecular flexibility index (Phi) is 7.05. The van der Waals surface area contributed by atoms with Gasteiger partial charge >= 0.3 is 0 Å². The second-order valence-electron chi connectivity index (χ2n) is 7.22. The normalized spacial score (nSPS) is 21.3. The second-order valence-corrected chi connectivity index (χ2v) is 7.22. The predicted molar refractivity (Wildman–Crippen MR) is 113 cm³/mol. The fraction of sp³-hybridized carbons (Fsp3) is 0.280. The van der Waals surface area contributed by atoms with E-state index in [1.165, 1.54) is 5.56 Å². The van der Waals surface area contributed by atoms with E-state index in [0.717, 1.165) is 17.7 Å². The van der Waals surface area contributed by atoms with Crippen LogP contribution in [-0.2, 0) is 34.0 Å². The van der Waals surface area contributed by atoms with E-state index < -0.39 is 0 Å². The molecule has 0 radical (unpaired) electrons. The third-order valence-corrected chi connectivity index (χ3v) is 5.05. The molecule has 3 aromatic carbocycles. The van der Waals surface area contributed by atoms with Gasteiger partial charge in [0.2, 0.25) is 0 Å². The zero-order chi connectivity index (χ0) is 19.7. The zero-order valence-corrected chi connectivity index (χ0v) is 16.4. The molecule has 4 rings (SSSR count). The summed E-state index contributed by atoms with van der Waals surface area (Å²) in [4.78, 5) is 0.